The van der Waals surface area contributed by atoms with E-state index in [0.29, 0.717) is 0 Å². The van der Waals surface area contributed by atoms with E-state index in [1.165, 1.54) is 13.3 Å². The normalized spacial score (nSPS) is 24.8. The molecule has 2 heterocycles. The number of esters is 3. The Bertz CT molecular complexity index is 858. The van der Waals surface area contributed by atoms with Crippen LogP contribution in [0.5, 0.6) is 11.6 Å². The number of carbonyl (C=O) groups excluding carboxylic acids is 3. The quantitative estimate of drug-likeness (QED) is 0.189. The van der Waals surface area contributed by atoms with Crippen LogP contribution >= 0.6 is 0 Å². The summed E-state index contributed by atoms with van der Waals surface area (Å²) in [7, 11) is 1.40. The molecular weight excluding hydrogens is 416 g/mol. The second kappa shape index (κ2) is 11.0. The van der Waals surface area contributed by atoms with Gasteiger partial charge in [-0.25, -0.2) is 4.98 Å². The van der Waals surface area contributed by atoms with Crippen molar-refractivity contribution in [1.29, 1.82) is 0 Å². The van der Waals surface area contributed by atoms with Crippen LogP contribution in [0.4, 0.5) is 0 Å². The third-order valence-corrected chi connectivity index (χ3v) is 4.01. The van der Waals surface area contributed by atoms with Crippen molar-refractivity contribution >= 4 is 17.9 Å². The highest BCUT2D eigenvalue weighted by atomic mass is 16.7. The molecule has 168 valence electrons. The number of hydrogen-bond acceptors (Lipinski definition) is 11. The number of ether oxygens (including phenoxy) is 6. The zero-order valence-electron chi connectivity index (χ0n) is 17.3. The fraction of sp³-hybridized carbons (Fsp3) is 0.556. The fourth-order valence-corrected chi connectivity index (χ4v) is 2.94. The van der Waals surface area contributed by atoms with Gasteiger partial charge in [0, 0.05) is 31.9 Å². The van der Waals surface area contributed by atoms with Gasteiger partial charge >= 0.3 is 17.9 Å². The first-order valence-corrected chi connectivity index (χ1v) is 9.10. The molecule has 0 aliphatic carbocycles. The first-order chi connectivity index (χ1) is 14.8. The standard InChI is InChI=1S/C18H22N4O9/c1-9(23)27-14-13(8-21-22-19)30-18(31-17-12(26-4)6-5-7-20-17)16(29-11(3)25)15(14)28-10(2)24/h5-7,13-16,18H,8H2,1-4H3/t13-,14-,15+,16-,18+/m1/s1. The monoisotopic (exact) mass is 438 g/mol. The Morgan fingerprint density at radius 3 is 2.29 bits per heavy atom. The van der Waals surface area contributed by atoms with Crippen LogP contribution in [0.15, 0.2) is 23.4 Å². The van der Waals surface area contributed by atoms with Gasteiger partial charge in [0.25, 0.3) is 5.88 Å². The molecule has 1 aliphatic rings. The molecule has 1 saturated heterocycles. The molecule has 5 atom stereocenters. The van der Waals surface area contributed by atoms with Crippen molar-refractivity contribution in [2.75, 3.05) is 13.7 Å². The Kier molecular flexibility index (Phi) is 8.41. The van der Waals surface area contributed by atoms with Crippen LogP contribution in [-0.4, -0.2) is 67.3 Å². The number of methoxy groups -OCH3 is 1. The van der Waals surface area contributed by atoms with E-state index in [4.69, 9.17) is 34.0 Å². The summed E-state index contributed by atoms with van der Waals surface area (Å²) < 4.78 is 32.6. The third kappa shape index (κ3) is 6.46. The van der Waals surface area contributed by atoms with Gasteiger partial charge in [-0.1, -0.05) is 5.11 Å². The lowest BCUT2D eigenvalue weighted by Gasteiger charge is -2.43. The summed E-state index contributed by atoms with van der Waals surface area (Å²) >= 11 is 0. The second-order valence-corrected chi connectivity index (χ2v) is 6.31. The van der Waals surface area contributed by atoms with E-state index >= 15 is 0 Å². The molecule has 1 aromatic rings. The van der Waals surface area contributed by atoms with E-state index in [0.717, 1.165) is 20.8 Å². The van der Waals surface area contributed by atoms with Crippen molar-refractivity contribution in [1.82, 2.24) is 4.98 Å². The summed E-state index contributed by atoms with van der Waals surface area (Å²) in [5.74, 6) is -1.93. The van der Waals surface area contributed by atoms with Crippen LogP contribution in [-0.2, 0) is 33.3 Å². The third-order valence-electron chi connectivity index (χ3n) is 4.01. The van der Waals surface area contributed by atoms with Gasteiger partial charge in [0.2, 0.25) is 12.4 Å². The van der Waals surface area contributed by atoms with Crippen molar-refractivity contribution in [3.05, 3.63) is 28.8 Å². The van der Waals surface area contributed by atoms with E-state index in [9.17, 15) is 14.4 Å². The number of nitrogens with zero attached hydrogens (tertiary/aromatic N) is 4. The Hall–Kier alpha value is -3.57. The van der Waals surface area contributed by atoms with Crippen LogP contribution in [0.1, 0.15) is 20.8 Å². The van der Waals surface area contributed by atoms with E-state index in [1.807, 2.05) is 0 Å². The summed E-state index contributed by atoms with van der Waals surface area (Å²) in [6.07, 6.45) is -4.94. The molecule has 1 aromatic heterocycles. The van der Waals surface area contributed by atoms with E-state index in [1.54, 1.807) is 12.1 Å². The fourth-order valence-electron chi connectivity index (χ4n) is 2.94. The summed E-state index contributed by atoms with van der Waals surface area (Å²) in [4.78, 5) is 41.9. The van der Waals surface area contributed by atoms with E-state index < -0.39 is 48.6 Å². The number of hydrogen-bond donors (Lipinski definition) is 0. The summed E-state index contributed by atoms with van der Waals surface area (Å²) in [5, 5.41) is 3.45. The average molecular weight is 438 g/mol. The number of carbonyl (C=O) groups is 3. The molecule has 13 heteroatoms. The van der Waals surface area contributed by atoms with Gasteiger partial charge in [-0.15, -0.1) is 0 Å². The van der Waals surface area contributed by atoms with Gasteiger partial charge < -0.3 is 28.4 Å². The minimum atomic E-state index is -1.37. The summed E-state index contributed by atoms with van der Waals surface area (Å²) in [5.41, 5.74) is 8.70. The lowest BCUT2D eigenvalue weighted by Crippen LogP contribution is -2.63. The second-order valence-electron chi connectivity index (χ2n) is 6.31. The Morgan fingerprint density at radius 1 is 1.10 bits per heavy atom. The van der Waals surface area contributed by atoms with Gasteiger partial charge in [-0.3, -0.25) is 14.4 Å². The largest absolute Gasteiger partial charge is 0.491 e. The predicted octanol–water partition coefficient (Wildman–Crippen LogP) is 1.30. The molecular formula is C18H22N4O9. The van der Waals surface area contributed by atoms with Crippen LogP contribution in [0, 0.1) is 0 Å². The van der Waals surface area contributed by atoms with Gasteiger partial charge in [0.15, 0.2) is 18.0 Å². The van der Waals surface area contributed by atoms with Crippen LogP contribution in [0.2, 0.25) is 0 Å². The lowest BCUT2D eigenvalue weighted by atomic mass is 9.97. The molecule has 2 rings (SSSR count). The molecule has 0 spiro atoms. The number of rotatable bonds is 8. The maximum atomic E-state index is 11.8. The molecule has 0 bridgehead atoms. The smallest absolute Gasteiger partial charge is 0.303 e. The summed E-state index contributed by atoms with van der Waals surface area (Å²) in [6, 6.07) is 3.19. The molecule has 31 heavy (non-hydrogen) atoms. The molecule has 13 nitrogen and oxygen atoms in total. The minimum absolute atomic E-state index is 0.00203. The SMILES string of the molecule is COc1cccnc1O[C@@H]1O[C@H](CN=[N+]=[N-])[C@@H](OC(C)=O)[C@H](OC(C)=O)[C@H]1OC(C)=O. The predicted molar refractivity (Wildman–Crippen MR) is 101 cm³/mol. The van der Waals surface area contributed by atoms with Crippen LogP contribution in [0.3, 0.4) is 0 Å². The molecule has 0 unspecified atom stereocenters. The maximum absolute atomic E-state index is 11.8. The zero-order chi connectivity index (χ0) is 23.0. The Morgan fingerprint density at radius 2 is 1.71 bits per heavy atom. The van der Waals surface area contributed by atoms with Gasteiger partial charge in [-0.05, 0) is 17.7 Å². The first-order valence-electron chi connectivity index (χ1n) is 9.10. The van der Waals surface area contributed by atoms with E-state index in [-0.39, 0.29) is 18.2 Å². The van der Waals surface area contributed by atoms with Crippen molar-refractivity contribution in [2.24, 2.45) is 5.11 Å². The van der Waals surface area contributed by atoms with Gasteiger partial charge in [0.1, 0.15) is 6.10 Å². The topological polar surface area (TPSA) is 168 Å². The van der Waals surface area contributed by atoms with Crippen molar-refractivity contribution < 1.29 is 42.8 Å². The number of aromatic nitrogens is 1. The van der Waals surface area contributed by atoms with Crippen LogP contribution < -0.4 is 9.47 Å². The Labute approximate surface area is 177 Å². The number of pyridine rings is 1. The van der Waals surface area contributed by atoms with Gasteiger partial charge in [0.05, 0.1) is 13.7 Å². The molecule has 1 fully saturated rings. The number of azide groups is 1. The lowest BCUT2D eigenvalue weighted by molar-refractivity contribution is -0.282. The van der Waals surface area contributed by atoms with E-state index in [2.05, 4.69) is 15.0 Å². The van der Waals surface area contributed by atoms with Crippen molar-refractivity contribution in [3.8, 4) is 11.6 Å². The molecule has 0 amide bonds. The highest BCUT2D eigenvalue weighted by Crippen LogP contribution is 2.32. The molecule has 0 aromatic carbocycles. The molecule has 0 N–H and O–H groups in total. The molecule has 0 radical (unpaired) electrons. The van der Waals surface area contributed by atoms with Crippen LogP contribution in [0.25, 0.3) is 10.4 Å². The first kappa shape index (κ1) is 23.7. The zero-order valence-corrected chi connectivity index (χ0v) is 17.3. The van der Waals surface area contributed by atoms with Crippen molar-refractivity contribution in [2.45, 2.75) is 51.5 Å². The Balaban J connectivity index is 2.49. The molecule has 1 aliphatic heterocycles. The van der Waals surface area contributed by atoms with Crippen molar-refractivity contribution in [3.63, 3.8) is 0 Å². The summed E-state index contributed by atoms with van der Waals surface area (Å²) in [6.45, 7) is 3.11. The maximum Gasteiger partial charge on any atom is 0.303 e. The highest BCUT2D eigenvalue weighted by Gasteiger charge is 2.53. The average Bonchev–Trinajstić information content (AvgIpc) is 2.70. The molecule has 0 saturated carbocycles. The van der Waals surface area contributed by atoms with Gasteiger partial charge in [-0.2, -0.15) is 0 Å². The minimum Gasteiger partial charge on any atom is -0.491 e. The highest BCUT2D eigenvalue weighted by molar-refractivity contribution is 5.68.